The van der Waals surface area contributed by atoms with Gasteiger partial charge in [0.25, 0.3) is 0 Å². The van der Waals surface area contributed by atoms with Gasteiger partial charge in [0.1, 0.15) is 11.6 Å². The van der Waals surface area contributed by atoms with E-state index in [0.717, 1.165) is 50.3 Å². The topological polar surface area (TPSA) is 50.3 Å². The average molecular weight is 344 g/mol. The second-order valence-electron chi connectivity index (χ2n) is 6.45. The molecule has 0 bridgehead atoms. The van der Waals surface area contributed by atoms with E-state index >= 15 is 0 Å². The Kier molecular flexibility index (Phi) is 6.17. The van der Waals surface area contributed by atoms with Gasteiger partial charge in [-0.25, -0.2) is 14.4 Å². The molecule has 25 heavy (non-hydrogen) atoms. The van der Waals surface area contributed by atoms with Crippen LogP contribution in [0.3, 0.4) is 0 Å². The highest BCUT2D eigenvalue weighted by Crippen LogP contribution is 2.20. The molecule has 0 radical (unpaired) electrons. The molecule has 2 aromatic rings. The van der Waals surface area contributed by atoms with E-state index in [-0.39, 0.29) is 5.82 Å². The first-order chi connectivity index (χ1) is 12.2. The van der Waals surface area contributed by atoms with Crippen molar-refractivity contribution in [1.82, 2.24) is 14.9 Å². The van der Waals surface area contributed by atoms with Crippen LogP contribution in [0.15, 0.2) is 36.7 Å². The minimum Gasteiger partial charge on any atom is -0.493 e. The van der Waals surface area contributed by atoms with E-state index in [0.29, 0.717) is 18.5 Å². The number of benzene rings is 1. The van der Waals surface area contributed by atoms with Gasteiger partial charge in [-0.1, -0.05) is 0 Å². The molecular weight excluding hydrogens is 319 g/mol. The fourth-order valence-corrected chi connectivity index (χ4v) is 3.12. The monoisotopic (exact) mass is 344 g/mol. The van der Waals surface area contributed by atoms with Gasteiger partial charge in [0.05, 0.1) is 6.61 Å². The van der Waals surface area contributed by atoms with Gasteiger partial charge in [0.2, 0.25) is 5.95 Å². The number of nitrogens with zero attached hydrogens (tertiary/aromatic N) is 3. The number of piperidine rings is 1. The SMILES string of the molecule is CCNc1ncc(CN2CCC[C@H](COc3ccc(F)cc3)C2)cn1. The summed E-state index contributed by atoms with van der Waals surface area (Å²) in [7, 11) is 0. The molecule has 5 nitrogen and oxygen atoms in total. The largest absolute Gasteiger partial charge is 0.493 e. The molecule has 0 saturated carbocycles. The number of likely N-dealkylation sites (tertiary alicyclic amines) is 1. The van der Waals surface area contributed by atoms with E-state index < -0.39 is 0 Å². The van der Waals surface area contributed by atoms with Crippen LogP contribution in [0.25, 0.3) is 0 Å². The normalized spacial score (nSPS) is 18.1. The van der Waals surface area contributed by atoms with Crippen molar-refractivity contribution in [3.8, 4) is 5.75 Å². The number of nitrogens with one attached hydrogen (secondary N) is 1. The minimum absolute atomic E-state index is 0.237. The summed E-state index contributed by atoms with van der Waals surface area (Å²) in [5.74, 6) is 1.65. The molecule has 1 fully saturated rings. The Morgan fingerprint density at radius 3 is 2.72 bits per heavy atom. The summed E-state index contributed by atoms with van der Waals surface area (Å²) in [4.78, 5) is 11.1. The fourth-order valence-electron chi connectivity index (χ4n) is 3.12. The Morgan fingerprint density at radius 2 is 2.00 bits per heavy atom. The van der Waals surface area contributed by atoms with Gasteiger partial charge in [-0.2, -0.15) is 0 Å². The minimum atomic E-state index is -0.237. The van der Waals surface area contributed by atoms with Crippen molar-refractivity contribution in [1.29, 1.82) is 0 Å². The molecule has 134 valence electrons. The zero-order chi connectivity index (χ0) is 17.5. The first-order valence-electron chi connectivity index (χ1n) is 8.88. The summed E-state index contributed by atoms with van der Waals surface area (Å²) < 4.78 is 18.7. The van der Waals surface area contributed by atoms with Crippen LogP contribution in [-0.2, 0) is 6.54 Å². The Labute approximate surface area is 148 Å². The fraction of sp³-hybridized carbons (Fsp3) is 0.474. The van der Waals surface area contributed by atoms with Gasteiger partial charge in [-0.15, -0.1) is 0 Å². The van der Waals surface area contributed by atoms with Crippen molar-refractivity contribution in [2.75, 3.05) is 31.6 Å². The highest BCUT2D eigenvalue weighted by molar-refractivity contribution is 5.24. The third-order valence-corrected chi connectivity index (χ3v) is 4.35. The third kappa shape index (κ3) is 5.39. The molecule has 1 N–H and O–H groups in total. The maximum atomic E-state index is 12.9. The van der Waals surface area contributed by atoms with Gasteiger partial charge in [-0.3, -0.25) is 4.90 Å². The maximum absolute atomic E-state index is 12.9. The van der Waals surface area contributed by atoms with Crippen LogP contribution in [-0.4, -0.2) is 41.1 Å². The summed E-state index contributed by atoms with van der Waals surface area (Å²) in [6.07, 6.45) is 6.11. The van der Waals surface area contributed by atoms with Crippen LogP contribution in [0, 0.1) is 11.7 Å². The van der Waals surface area contributed by atoms with E-state index in [1.807, 2.05) is 19.3 Å². The summed E-state index contributed by atoms with van der Waals surface area (Å²) >= 11 is 0. The van der Waals surface area contributed by atoms with Crippen molar-refractivity contribution >= 4 is 5.95 Å². The lowest BCUT2D eigenvalue weighted by molar-refractivity contribution is 0.125. The summed E-state index contributed by atoms with van der Waals surface area (Å²) in [5.41, 5.74) is 1.13. The maximum Gasteiger partial charge on any atom is 0.222 e. The molecule has 1 saturated heterocycles. The zero-order valence-corrected chi connectivity index (χ0v) is 14.6. The lowest BCUT2D eigenvalue weighted by atomic mass is 9.98. The van der Waals surface area contributed by atoms with Crippen LogP contribution in [0.1, 0.15) is 25.3 Å². The number of ether oxygens (including phenoxy) is 1. The van der Waals surface area contributed by atoms with Crippen LogP contribution in [0.4, 0.5) is 10.3 Å². The van der Waals surface area contributed by atoms with E-state index in [1.54, 1.807) is 12.1 Å². The van der Waals surface area contributed by atoms with Crippen LogP contribution in [0.2, 0.25) is 0 Å². The number of aromatic nitrogens is 2. The zero-order valence-electron chi connectivity index (χ0n) is 14.6. The smallest absolute Gasteiger partial charge is 0.222 e. The molecular formula is C19H25FN4O. The van der Waals surface area contributed by atoms with Gasteiger partial charge in [-0.05, 0) is 50.6 Å². The van der Waals surface area contributed by atoms with Crippen molar-refractivity contribution in [2.24, 2.45) is 5.92 Å². The van der Waals surface area contributed by atoms with Crippen molar-refractivity contribution in [3.63, 3.8) is 0 Å². The highest BCUT2D eigenvalue weighted by atomic mass is 19.1. The second kappa shape index (κ2) is 8.76. The Hall–Kier alpha value is -2.21. The van der Waals surface area contributed by atoms with E-state index in [1.165, 1.54) is 12.1 Å². The second-order valence-corrected chi connectivity index (χ2v) is 6.45. The third-order valence-electron chi connectivity index (χ3n) is 4.35. The van der Waals surface area contributed by atoms with E-state index in [4.69, 9.17) is 4.74 Å². The van der Waals surface area contributed by atoms with E-state index in [9.17, 15) is 4.39 Å². The molecule has 0 unspecified atom stereocenters. The van der Waals surface area contributed by atoms with Crippen LogP contribution >= 0.6 is 0 Å². The van der Waals surface area contributed by atoms with Gasteiger partial charge >= 0.3 is 0 Å². The van der Waals surface area contributed by atoms with Crippen LogP contribution in [0.5, 0.6) is 5.75 Å². The number of rotatable bonds is 7. The molecule has 1 atom stereocenters. The predicted molar refractivity (Wildman–Crippen MR) is 96.1 cm³/mol. The Bertz CT molecular complexity index is 647. The molecule has 2 heterocycles. The molecule has 3 rings (SSSR count). The van der Waals surface area contributed by atoms with Gasteiger partial charge < -0.3 is 10.1 Å². The molecule has 1 aromatic carbocycles. The molecule has 1 aliphatic heterocycles. The predicted octanol–water partition coefficient (Wildman–Crippen LogP) is 3.34. The quantitative estimate of drug-likeness (QED) is 0.835. The summed E-state index contributed by atoms with van der Waals surface area (Å²) in [6, 6.07) is 6.22. The lowest BCUT2D eigenvalue weighted by Gasteiger charge is -2.32. The average Bonchev–Trinajstić information content (AvgIpc) is 2.64. The molecule has 0 spiro atoms. The first-order valence-corrected chi connectivity index (χ1v) is 8.88. The van der Waals surface area contributed by atoms with Gasteiger partial charge in [0, 0.05) is 43.5 Å². The number of hydrogen-bond acceptors (Lipinski definition) is 5. The first kappa shape index (κ1) is 17.6. The molecule has 1 aromatic heterocycles. The summed E-state index contributed by atoms with van der Waals surface area (Å²) in [6.45, 7) is 6.45. The summed E-state index contributed by atoms with van der Waals surface area (Å²) in [5, 5.41) is 3.11. The van der Waals surface area contributed by atoms with Crippen LogP contribution < -0.4 is 10.1 Å². The Balaban J connectivity index is 1.48. The number of anilines is 1. The number of hydrogen-bond donors (Lipinski definition) is 1. The molecule has 6 heteroatoms. The van der Waals surface area contributed by atoms with Crippen molar-refractivity contribution in [2.45, 2.75) is 26.3 Å². The molecule has 1 aliphatic rings. The van der Waals surface area contributed by atoms with Crippen molar-refractivity contribution < 1.29 is 9.13 Å². The lowest BCUT2D eigenvalue weighted by Crippen LogP contribution is -2.37. The van der Waals surface area contributed by atoms with Gasteiger partial charge in [0.15, 0.2) is 0 Å². The highest BCUT2D eigenvalue weighted by Gasteiger charge is 2.20. The Morgan fingerprint density at radius 1 is 1.24 bits per heavy atom. The standard InChI is InChI=1S/C19H25FN4O/c1-2-21-19-22-10-16(11-23-19)13-24-9-3-4-15(12-24)14-25-18-7-5-17(20)6-8-18/h5-8,10-11,15H,2-4,9,12-14H2,1H3,(H,21,22,23)/t15-/m0/s1. The number of halogens is 1. The van der Waals surface area contributed by atoms with E-state index in [2.05, 4.69) is 20.2 Å². The molecule has 0 aliphatic carbocycles. The molecule has 0 amide bonds. The van der Waals surface area contributed by atoms with Crippen molar-refractivity contribution in [3.05, 3.63) is 48.0 Å².